The average Bonchev–Trinajstić information content (AvgIpc) is 2.17. The summed E-state index contributed by atoms with van der Waals surface area (Å²) in [6.45, 7) is 5.96. The van der Waals surface area contributed by atoms with Gasteiger partial charge in [0, 0.05) is 23.8 Å². The van der Waals surface area contributed by atoms with E-state index in [1.807, 2.05) is 0 Å². The van der Waals surface area contributed by atoms with Crippen molar-refractivity contribution in [1.82, 2.24) is 0 Å². The van der Waals surface area contributed by atoms with E-state index in [-0.39, 0.29) is 0 Å². The predicted molar refractivity (Wildman–Crippen MR) is 68.4 cm³/mol. The van der Waals surface area contributed by atoms with E-state index in [4.69, 9.17) is 4.74 Å². The van der Waals surface area contributed by atoms with Gasteiger partial charge in [0.15, 0.2) is 0 Å². The van der Waals surface area contributed by atoms with Crippen LogP contribution in [-0.2, 0) is 4.74 Å². The minimum absolute atomic E-state index is 0.517. The summed E-state index contributed by atoms with van der Waals surface area (Å²) >= 11 is 3.54. The van der Waals surface area contributed by atoms with Gasteiger partial charge in [-0.05, 0) is 46.5 Å². The number of methoxy groups -OCH3 is 1. The van der Waals surface area contributed by atoms with E-state index in [1.54, 1.807) is 7.11 Å². The normalized spacial score (nSPS) is 12.5. The quantitative estimate of drug-likeness (QED) is 0.886. The van der Waals surface area contributed by atoms with Crippen LogP contribution in [0, 0.1) is 12.8 Å². The van der Waals surface area contributed by atoms with Gasteiger partial charge < -0.3 is 10.1 Å². The van der Waals surface area contributed by atoms with Crippen LogP contribution in [0.3, 0.4) is 0 Å². The first kappa shape index (κ1) is 12.5. The van der Waals surface area contributed by atoms with Gasteiger partial charge in [-0.3, -0.25) is 0 Å². The van der Waals surface area contributed by atoms with Gasteiger partial charge in [0.1, 0.15) is 0 Å². The van der Waals surface area contributed by atoms with Crippen LogP contribution in [0.5, 0.6) is 0 Å². The molecule has 3 heteroatoms. The zero-order valence-corrected chi connectivity index (χ0v) is 11.1. The Kier molecular flexibility index (Phi) is 5.12. The van der Waals surface area contributed by atoms with E-state index in [0.717, 1.165) is 23.3 Å². The average molecular weight is 272 g/mol. The van der Waals surface area contributed by atoms with Gasteiger partial charge >= 0.3 is 0 Å². The van der Waals surface area contributed by atoms with Crippen LogP contribution in [0.2, 0.25) is 0 Å². The predicted octanol–water partition coefficient (Wildman–Crippen LogP) is 3.45. The molecule has 0 heterocycles. The first-order valence-electron chi connectivity index (χ1n) is 5.12. The van der Waals surface area contributed by atoms with Crippen molar-refractivity contribution in [1.29, 1.82) is 0 Å². The molecule has 1 rings (SSSR count). The zero-order valence-electron chi connectivity index (χ0n) is 9.51. The number of nitrogens with one attached hydrogen (secondary N) is 1. The number of rotatable bonds is 5. The molecule has 0 saturated carbocycles. The van der Waals surface area contributed by atoms with E-state index >= 15 is 0 Å². The SMILES string of the molecule is COCC(C)CNc1ccc(C)cc1Br. The third-order valence-corrected chi connectivity index (χ3v) is 2.87. The molecular weight excluding hydrogens is 254 g/mol. The standard InChI is InChI=1S/C12H18BrNO/c1-9-4-5-12(11(13)6-9)14-7-10(2)8-15-3/h4-6,10,14H,7-8H2,1-3H3. The van der Waals surface area contributed by atoms with Crippen LogP contribution in [0.4, 0.5) is 5.69 Å². The molecule has 84 valence electrons. The van der Waals surface area contributed by atoms with Crippen molar-refractivity contribution in [3.63, 3.8) is 0 Å². The van der Waals surface area contributed by atoms with E-state index < -0.39 is 0 Å². The lowest BCUT2D eigenvalue weighted by Gasteiger charge is -2.13. The molecule has 0 aliphatic rings. The zero-order chi connectivity index (χ0) is 11.3. The van der Waals surface area contributed by atoms with Crippen LogP contribution in [0.25, 0.3) is 0 Å². The molecular formula is C12H18BrNO. The van der Waals surface area contributed by atoms with Crippen molar-refractivity contribution >= 4 is 21.6 Å². The molecule has 0 spiro atoms. The Bertz CT molecular complexity index is 314. The van der Waals surface area contributed by atoms with Crippen LogP contribution in [0.15, 0.2) is 22.7 Å². The molecule has 1 atom stereocenters. The number of ether oxygens (including phenoxy) is 1. The summed E-state index contributed by atoms with van der Waals surface area (Å²) in [4.78, 5) is 0. The summed E-state index contributed by atoms with van der Waals surface area (Å²) in [5.41, 5.74) is 2.40. The molecule has 1 aromatic carbocycles. The topological polar surface area (TPSA) is 21.3 Å². The molecule has 0 amide bonds. The molecule has 0 aromatic heterocycles. The number of hydrogen-bond acceptors (Lipinski definition) is 2. The van der Waals surface area contributed by atoms with Gasteiger partial charge in [-0.15, -0.1) is 0 Å². The number of aryl methyl sites for hydroxylation is 1. The van der Waals surface area contributed by atoms with Crippen molar-refractivity contribution in [2.45, 2.75) is 13.8 Å². The van der Waals surface area contributed by atoms with Crippen LogP contribution in [0.1, 0.15) is 12.5 Å². The molecule has 0 bridgehead atoms. The summed E-state index contributed by atoms with van der Waals surface area (Å²) < 4.78 is 6.21. The van der Waals surface area contributed by atoms with Crippen LogP contribution < -0.4 is 5.32 Å². The highest BCUT2D eigenvalue weighted by molar-refractivity contribution is 9.10. The third-order valence-electron chi connectivity index (χ3n) is 2.22. The highest BCUT2D eigenvalue weighted by Crippen LogP contribution is 2.23. The maximum Gasteiger partial charge on any atom is 0.0504 e. The second kappa shape index (κ2) is 6.13. The lowest BCUT2D eigenvalue weighted by molar-refractivity contribution is 0.164. The van der Waals surface area contributed by atoms with Crippen LogP contribution in [-0.4, -0.2) is 20.3 Å². The van der Waals surface area contributed by atoms with Crippen molar-refractivity contribution in [2.75, 3.05) is 25.6 Å². The maximum atomic E-state index is 5.09. The van der Waals surface area contributed by atoms with Crippen molar-refractivity contribution in [2.24, 2.45) is 5.92 Å². The summed E-state index contributed by atoms with van der Waals surface area (Å²) in [5.74, 6) is 0.517. The van der Waals surface area contributed by atoms with Gasteiger partial charge in [-0.2, -0.15) is 0 Å². The highest BCUT2D eigenvalue weighted by atomic mass is 79.9. The van der Waals surface area contributed by atoms with Gasteiger partial charge in [0.2, 0.25) is 0 Å². The first-order valence-corrected chi connectivity index (χ1v) is 5.91. The molecule has 0 radical (unpaired) electrons. The smallest absolute Gasteiger partial charge is 0.0504 e. The molecule has 1 N–H and O–H groups in total. The Balaban J connectivity index is 2.50. The summed E-state index contributed by atoms with van der Waals surface area (Å²) in [6.07, 6.45) is 0. The minimum Gasteiger partial charge on any atom is -0.384 e. The second-order valence-electron chi connectivity index (χ2n) is 3.92. The van der Waals surface area contributed by atoms with Gasteiger partial charge in [-0.1, -0.05) is 13.0 Å². The lowest BCUT2D eigenvalue weighted by atomic mass is 10.2. The Morgan fingerprint density at radius 1 is 1.47 bits per heavy atom. The monoisotopic (exact) mass is 271 g/mol. The summed E-state index contributed by atoms with van der Waals surface area (Å²) in [5, 5.41) is 3.40. The molecule has 0 saturated heterocycles. The molecule has 15 heavy (non-hydrogen) atoms. The number of halogens is 1. The van der Waals surface area contributed by atoms with E-state index in [2.05, 4.69) is 53.3 Å². The summed E-state index contributed by atoms with van der Waals surface area (Å²) in [6, 6.07) is 6.32. The Morgan fingerprint density at radius 2 is 2.20 bits per heavy atom. The Labute approximate surface area is 100 Å². The lowest BCUT2D eigenvalue weighted by Crippen LogP contribution is -2.15. The van der Waals surface area contributed by atoms with E-state index in [9.17, 15) is 0 Å². The molecule has 1 aromatic rings. The summed E-state index contributed by atoms with van der Waals surface area (Å²) in [7, 11) is 1.73. The minimum atomic E-state index is 0.517. The number of hydrogen-bond donors (Lipinski definition) is 1. The maximum absolute atomic E-state index is 5.09. The fourth-order valence-electron chi connectivity index (χ4n) is 1.39. The number of benzene rings is 1. The van der Waals surface area contributed by atoms with Gasteiger partial charge in [-0.25, -0.2) is 0 Å². The van der Waals surface area contributed by atoms with Crippen LogP contribution >= 0.6 is 15.9 Å². The van der Waals surface area contributed by atoms with Crippen molar-refractivity contribution in [3.8, 4) is 0 Å². The largest absolute Gasteiger partial charge is 0.384 e. The first-order chi connectivity index (χ1) is 7.13. The molecule has 0 aliphatic heterocycles. The molecule has 2 nitrogen and oxygen atoms in total. The highest BCUT2D eigenvalue weighted by Gasteiger charge is 2.03. The molecule has 0 aliphatic carbocycles. The number of anilines is 1. The Morgan fingerprint density at radius 3 is 2.80 bits per heavy atom. The van der Waals surface area contributed by atoms with Gasteiger partial charge in [0.05, 0.1) is 6.61 Å². The van der Waals surface area contributed by atoms with E-state index in [1.165, 1.54) is 5.56 Å². The third kappa shape index (κ3) is 4.22. The van der Waals surface area contributed by atoms with E-state index in [0.29, 0.717) is 5.92 Å². The fourth-order valence-corrected chi connectivity index (χ4v) is 2.02. The Hall–Kier alpha value is -0.540. The molecule has 0 fully saturated rings. The molecule has 1 unspecified atom stereocenters. The van der Waals surface area contributed by atoms with Gasteiger partial charge in [0.25, 0.3) is 0 Å². The fraction of sp³-hybridized carbons (Fsp3) is 0.500. The van der Waals surface area contributed by atoms with Crippen molar-refractivity contribution < 1.29 is 4.74 Å². The van der Waals surface area contributed by atoms with Crippen molar-refractivity contribution in [3.05, 3.63) is 28.2 Å². The second-order valence-corrected chi connectivity index (χ2v) is 4.78.